The van der Waals surface area contributed by atoms with Gasteiger partial charge in [0, 0.05) is 6.61 Å². The third-order valence-corrected chi connectivity index (χ3v) is 1.34. The Morgan fingerprint density at radius 3 is 2.33 bits per heavy atom. The monoisotopic (exact) mass is 197 g/mol. The van der Waals surface area contributed by atoms with Gasteiger partial charge < -0.3 is 14.0 Å². The van der Waals surface area contributed by atoms with Gasteiger partial charge >= 0.3 is 0 Å². The molecule has 0 N–H and O–H groups in total. The van der Waals surface area contributed by atoms with E-state index in [1.54, 1.807) is 0 Å². The molecular formula is C6H13O5S-. The van der Waals surface area contributed by atoms with E-state index in [4.69, 9.17) is 9.47 Å². The molecule has 0 radical (unpaired) electrons. The zero-order valence-electron chi connectivity index (χ0n) is 6.99. The molecule has 0 amide bonds. The lowest BCUT2D eigenvalue weighted by Crippen LogP contribution is -2.09. The van der Waals surface area contributed by atoms with E-state index in [9.17, 15) is 8.76 Å². The van der Waals surface area contributed by atoms with Crippen molar-refractivity contribution >= 4 is 11.4 Å². The molecule has 0 heterocycles. The molecule has 12 heavy (non-hydrogen) atoms. The molecule has 0 aliphatic heterocycles. The summed E-state index contributed by atoms with van der Waals surface area (Å²) in [6.45, 7) is 3.86. The Hall–Kier alpha value is -0.0100. The second kappa shape index (κ2) is 9.08. The van der Waals surface area contributed by atoms with Crippen LogP contribution in [0.5, 0.6) is 0 Å². The molecular weight excluding hydrogens is 184 g/mol. The second-order valence-electron chi connectivity index (χ2n) is 1.84. The van der Waals surface area contributed by atoms with Crippen LogP contribution in [0, 0.1) is 0 Å². The van der Waals surface area contributed by atoms with Crippen molar-refractivity contribution in [3.63, 3.8) is 0 Å². The molecule has 0 saturated carbocycles. The summed E-state index contributed by atoms with van der Waals surface area (Å²) in [5, 5.41) is 0. The first-order valence-electron chi connectivity index (χ1n) is 3.65. The largest absolute Gasteiger partial charge is 0.750 e. The summed E-state index contributed by atoms with van der Waals surface area (Å²) in [4.78, 5) is 0. The molecule has 0 spiro atoms. The van der Waals surface area contributed by atoms with Gasteiger partial charge in [0.25, 0.3) is 0 Å². The molecule has 1 atom stereocenters. The molecule has 0 rings (SSSR count). The quantitative estimate of drug-likeness (QED) is 0.400. The summed E-state index contributed by atoms with van der Waals surface area (Å²) in [5.74, 6) is 0. The minimum Gasteiger partial charge on any atom is -0.750 e. The van der Waals surface area contributed by atoms with Crippen LogP contribution in [0.15, 0.2) is 0 Å². The standard InChI is InChI=1S/C6H14O5S/c1-2-9-3-4-10-5-6-11-12(7)8/h2-6H2,1H3,(H,7,8)/p-1. The first kappa shape index (κ1) is 12.0. The predicted molar refractivity (Wildman–Crippen MR) is 42.2 cm³/mol. The van der Waals surface area contributed by atoms with Gasteiger partial charge in [-0.15, -0.1) is 0 Å². The average Bonchev–Trinajstić information content (AvgIpc) is 2.02. The highest BCUT2D eigenvalue weighted by Gasteiger charge is 1.89. The molecule has 0 aromatic heterocycles. The summed E-state index contributed by atoms with van der Waals surface area (Å²) in [7, 11) is 0. The van der Waals surface area contributed by atoms with Crippen LogP contribution in [0.1, 0.15) is 6.92 Å². The van der Waals surface area contributed by atoms with Crippen LogP contribution in [-0.4, -0.2) is 41.8 Å². The van der Waals surface area contributed by atoms with Gasteiger partial charge in [-0.25, -0.2) is 4.21 Å². The number of ether oxygens (including phenoxy) is 2. The molecule has 0 aromatic carbocycles. The van der Waals surface area contributed by atoms with Gasteiger partial charge in [-0.3, -0.25) is 4.18 Å². The molecule has 5 nitrogen and oxygen atoms in total. The van der Waals surface area contributed by atoms with Crippen molar-refractivity contribution in [1.82, 2.24) is 0 Å². The van der Waals surface area contributed by atoms with Crippen molar-refractivity contribution in [2.24, 2.45) is 0 Å². The first-order valence-corrected chi connectivity index (χ1v) is 4.65. The fourth-order valence-electron chi connectivity index (χ4n) is 0.525. The fraction of sp³-hybridized carbons (Fsp3) is 1.00. The van der Waals surface area contributed by atoms with Crippen LogP contribution < -0.4 is 0 Å². The molecule has 0 bridgehead atoms. The normalized spacial score (nSPS) is 13.2. The van der Waals surface area contributed by atoms with Crippen LogP contribution in [0.3, 0.4) is 0 Å². The van der Waals surface area contributed by atoms with Crippen molar-refractivity contribution < 1.29 is 22.4 Å². The van der Waals surface area contributed by atoms with Crippen molar-refractivity contribution in [1.29, 1.82) is 0 Å². The summed E-state index contributed by atoms with van der Waals surface area (Å²) in [5.41, 5.74) is 0. The third kappa shape index (κ3) is 9.99. The summed E-state index contributed by atoms with van der Waals surface area (Å²) in [6.07, 6.45) is 0. The van der Waals surface area contributed by atoms with E-state index < -0.39 is 11.4 Å². The maximum absolute atomic E-state index is 9.83. The fourth-order valence-corrected chi connectivity index (χ4v) is 0.729. The highest BCUT2D eigenvalue weighted by atomic mass is 32.2. The van der Waals surface area contributed by atoms with Crippen LogP contribution in [0.4, 0.5) is 0 Å². The van der Waals surface area contributed by atoms with E-state index in [2.05, 4.69) is 4.18 Å². The molecule has 0 aliphatic carbocycles. The zero-order valence-corrected chi connectivity index (χ0v) is 7.80. The van der Waals surface area contributed by atoms with E-state index in [1.807, 2.05) is 6.92 Å². The van der Waals surface area contributed by atoms with Crippen molar-refractivity contribution in [2.45, 2.75) is 6.92 Å². The Morgan fingerprint density at radius 1 is 1.17 bits per heavy atom. The molecule has 0 saturated heterocycles. The molecule has 6 heteroatoms. The predicted octanol–water partition coefficient (Wildman–Crippen LogP) is -0.150. The highest BCUT2D eigenvalue weighted by molar-refractivity contribution is 7.74. The lowest BCUT2D eigenvalue weighted by molar-refractivity contribution is 0.0409. The van der Waals surface area contributed by atoms with Gasteiger partial charge in [0.2, 0.25) is 0 Å². The molecule has 74 valence electrons. The van der Waals surface area contributed by atoms with Gasteiger partial charge in [-0.05, 0) is 6.92 Å². The van der Waals surface area contributed by atoms with Gasteiger partial charge in [0.05, 0.1) is 37.8 Å². The summed E-state index contributed by atoms with van der Waals surface area (Å²) < 4.78 is 33.8. The van der Waals surface area contributed by atoms with Gasteiger partial charge in [0.1, 0.15) is 0 Å². The number of hydrogen-bond donors (Lipinski definition) is 0. The van der Waals surface area contributed by atoms with E-state index >= 15 is 0 Å². The highest BCUT2D eigenvalue weighted by Crippen LogP contribution is 1.82. The molecule has 0 fully saturated rings. The lowest BCUT2D eigenvalue weighted by atomic mass is 10.7. The summed E-state index contributed by atoms with van der Waals surface area (Å²) >= 11 is -2.44. The third-order valence-electron chi connectivity index (χ3n) is 0.983. The number of hydrogen-bond acceptors (Lipinski definition) is 5. The second-order valence-corrected chi connectivity index (χ2v) is 2.48. The minimum atomic E-state index is -2.44. The zero-order chi connectivity index (χ0) is 9.23. The van der Waals surface area contributed by atoms with Crippen molar-refractivity contribution in [2.75, 3.05) is 33.0 Å². The maximum Gasteiger partial charge on any atom is 0.0862 e. The Bertz CT molecular complexity index is 119. The van der Waals surface area contributed by atoms with Crippen molar-refractivity contribution in [3.8, 4) is 0 Å². The molecule has 0 aromatic rings. The topological polar surface area (TPSA) is 67.8 Å². The van der Waals surface area contributed by atoms with Gasteiger partial charge in [-0.2, -0.15) is 0 Å². The van der Waals surface area contributed by atoms with E-state index in [1.165, 1.54) is 0 Å². The van der Waals surface area contributed by atoms with Crippen LogP contribution in [-0.2, 0) is 25.0 Å². The van der Waals surface area contributed by atoms with Gasteiger partial charge in [-0.1, -0.05) is 0 Å². The average molecular weight is 197 g/mol. The first-order chi connectivity index (χ1) is 5.77. The van der Waals surface area contributed by atoms with E-state index in [0.29, 0.717) is 19.8 Å². The minimum absolute atomic E-state index is 0.0578. The lowest BCUT2D eigenvalue weighted by Gasteiger charge is -2.06. The Kier molecular flexibility index (Phi) is 9.07. The molecule has 0 aliphatic rings. The molecule has 1 unspecified atom stereocenters. The van der Waals surface area contributed by atoms with Crippen molar-refractivity contribution in [3.05, 3.63) is 0 Å². The Labute approximate surface area is 74.5 Å². The SMILES string of the molecule is CCOCCOCCOS(=O)[O-]. The van der Waals surface area contributed by atoms with Crippen LogP contribution in [0.25, 0.3) is 0 Å². The van der Waals surface area contributed by atoms with Gasteiger partial charge in [0.15, 0.2) is 0 Å². The number of rotatable bonds is 8. The van der Waals surface area contributed by atoms with Crippen LogP contribution in [0.2, 0.25) is 0 Å². The van der Waals surface area contributed by atoms with Crippen LogP contribution >= 0.6 is 0 Å². The van der Waals surface area contributed by atoms with E-state index in [0.717, 1.165) is 0 Å². The Morgan fingerprint density at radius 2 is 1.75 bits per heavy atom. The smallest absolute Gasteiger partial charge is 0.0862 e. The Balaban J connectivity index is 2.86. The van der Waals surface area contributed by atoms with E-state index in [-0.39, 0.29) is 13.2 Å². The maximum atomic E-state index is 9.83. The summed E-state index contributed by atoms with van der Waals surface area (Å²) in [6, 6.07) is 0.